The first-order valence-electron chi connectivity index (χ1n) is 8.09. The van der Waals surface area contributed by atoms with Crippen LogP contribution in [0.5, 0.6) is 11.5 Å². The maximum absolute atomic E-state index is 11.8. The Labute approximate surface area is 138 Å². The van der Waals surface area contributed by atoms with Crippen molar-refractivity contribution in [2.45, 2.75) is 53.4 Å². The van der Waals surface area contributed by atoms with Gasteiger partial charge < -0.3 is 9.47 Å². The summed E-state index contributed by atoms with van der Waals surface area (Å²) in [6, 6.07) is 3.74. The molecule has 1 aromatic carbocycles. The van der Waals surface area contributed by atoms with Crippen molar-refractivity contribution in [3.05, 3.63) is 35.9 Å². The summed E-state index contributed by atoms with van der Waals surface area (Å²) in [7, 11) is 0. The molecule has 0 fully saturated rings. The van der Waals surface area contributed by atoms with Crippen molar-refractivity contribution in [1.82, 2.24) is 0 Å². The number of hydrogen-bond acceptors (Lipinski definition) is 4. The van der Waals surface area contributed by atoms with Crippen LogP contribution in [-0.4, -0.2) is 11.9 Å². The maximum Gasteiger partial charge on any atom is 0.311 e. The Morgan fingerprint density at radius 1 is 1.13 bits per heavy atom. The molecule has 0 aromatic heterocycles. The van der Waals surface area contributed by atoms with Crippen LogP contribution in [0.4, 0.5) is 0 Å². The molecule has 4 nitrogen and oxygen atoms in total. The van der Waals surface area contributed by atoms with Crippen LogP contribution in [-0.2, 0) is 22.4 Å². The van der Waals surface area contributed by atoms with Crippen molar-refractivity contribution in [3.63, 3.8) is 0 Å². The van der Waals surface area contributed by atoms with Crippen molar-refractivity contribution < 1.29 is 19.1 Å². The van der Waals surface area contributed by atoms with Gasteiger partial charge in [-0.15, -0.1) is 6.58 Å². The molecular weight excluding hydrogens is 292 g/mol. The van der Waals surface area contributed by atoms with E-state index in [1.807, 2.05) is 6.07 Å². The van der Waals surface area contributed by atoms with Gasteiger partial charge in [-0.25, -0.2) is 0 Å². The number of ether oxygens (including phenoxy) is 2. The molecule has 23 heavy (non-hydrogen) atoms. The molecule has 0 amide bonds. The number of carbonyl (C=O) groups is 2. The van der Waals surface area contributed by atoms with E-state index in [0.717, 1.165) is 17.5 Å². The minimum atomic E-state index is -0.356. The summed E-state index contributed by atoms with van der Waals surface area (Å²) >= 11 is 0. The third-order valence-electron chi connectivity index (χ3n) is 3.22. The number of carbonyl (C=O) groups excluding carboxylic acids is 2. The fraction of sp³-hybridized carbons (Fsp3) is 0.474. The second-order valence-corrected chi connectivity index (χ2v) is 5.83. The van der Waals surface area contributed by atoms with Crippen LogP contribution in [0.15, 0.2) is 24.8 Å². The van der Waals surface area contributed by atoms with E-state index in [2.05, 4.69) is 20.4 Å². The number of benzene rings is 1. The zero-order valence-electron chi connectivity index (χ0n) is 14.5. The van der Waals surface area contributed by atoms with Crippen LogP contribution < -0.4 is 9.47 Å². The van der Waals surface area contributed by atoms with Crippen LogP contribution in [0.3, 0.4) is 0 Å². The summed E-state index contributed by atoms with van der Waals surface area (Å²) in [6.07, 6.45) is 3.69. The molecule has 0 aliphatic rings. The molecule has 0 atom stereocenters. The molecule has 0 bridgehead atoms. The van der Waals surface area contributed by atoms with Gasteiger partial charge in [-0.1, -0.05) is 39.8 Å². The minimum absolute atomic E-state index is 0.256. The van der Waals surface area contributed by atoms with E-state index in [9.17, 15) is 9.59 Å². The molecule has 0 saturated carbocycles. The highest BCUT2D eigenvalue weighted by atomic mass is 16.6. The molecule has 0 heterocycles. The summed E-state index contributed by atoms with van der Waals surface area (Å²) in [5.74, 6) is 0.349. The Morgan fingerprint density at radius 2 is 1.74 bits per heavy atom. The average Bonchev–Trinajstić information content (AvgIpc) is 2.49. The van der Waals surface area contributed by atoms with Crippen molar-refractivity contribution >= 4 is 11.9 Å². The van der Waals surface area contributed by atoms with Crippen LogP contribution >= 0.6 is 0 Å². The summed E-state index contributed by atoms with van der Waals surface area (Å²) in [5, 5.41) is 0. The Morgan fingerprint density at radius 3 is 2.26 bits per heavy atom. The van der Waals surface area contributed by atoms with Crippen molar-refractivity contribution in [1.29, 1.82) is 0 Å². The Hall–Kier alpha value is -2.10. The van der Waals surface area contributed by atoms with Gasteiger partial charge in [0.05, 0.1) is 0 Å². The topological polar surface area (TPSA) is 52.6 Å². The number of esters is 2. The molecule has 0 radical (unpaired) electrons. The molecule has 0 saturated heterocycles. The molecule has 1 aromatic rings. The van der Waals surface area contributed by atoms with Gasteiger partial charge in [0.25, 0.3) is 0 Å². The highest BCUT2D eigenvalue weighted by molar-refractivity contribution is 5.76. The smallest absolute Gasteiger partial charge is 0.311 e. The van der Waals surface area contributed by atoms with Gasteiger partial charge >= 0.3 is 11.9 Å². The lowest BCUT2D eigenvalue weighted by Crippen LogP contribution is -2.13. The Kier molecular flexibility index (Phi) is 7.52. The van der Waals surface area contributed by atoms with Crippen molar-refractivity contribution in [2.75, 3.05) is 0 Å². The lowest BCUT2D eigenvalue weighted by Gasteiger charge is -2.17. The van der Waals surface area contributed by atoms with E-state index in [-0.39, 0.29) is 24.8 Å². The van der Waals surface area contributed by atoms with Gasteiger partial charge in [-0.2, -0.15) is 0 Å². The van der Waals surface area contributed by atoms with Crippen LogP contribution in [0, 0.1) is 5.92 Å². The minimum Gasteiger partial charge on any atom is -0.423 e. The molecule has 126 valence electrons. The van der Waals surface area contributed by atoms with E-state index < -0.39 is 0 Å². The third kappa shape index (κ3) is 5.89. The summed E-state index contributed by atoms with van der Waals surface area (Å²) in [6.45, 7) is 11.4. The second kappa shape index (κ2) is 9.13. The van der Waals surface area contributed by atoms with E-state index in [1.165, 1.54) is 0 Å². The zero-order chi connectivity index (χ0) is 17.4. The van der Waals surface area contributed by atoms with Gasteiger partial charge in [0.2, 0.25) is 0 Å². The summed E-state index contributed by atoms with van der Waals surface area (Å²) < 4.78 is 10.9. The summed E-state index contributed by atoms with van der Waals surface area (Å²) in [5.41, 5.74) is 1.85. The highest BCUT2D eigenvalue weighted by Crippen LogP contribution is 2.35. The Balaban J connectivity index is 3.38. The monoisotopic (exact) mass is 318 g/mol. The highest BCUT2D eigenvalue weighted by Gasteiger charge is 2.19. The van der Waals surface area contributed by atoms with E-state index in [4.69, 9.17) is 9.47 Å². The van der Waals surface area contributed by atoms with Crippen LogP contribution in [0.25, 0.3) is 0 Å². The molecule has 4 heteroatoms. The predicted octanol–water partition coefficient (Wildman–Crippen LogP) is 4.24. The first-order valence-corrected chi connectivity index (χ1v) is 8.09. The fourth-order valence-corrected chi connectivity index (χ4v) is 2.17. The largest absolute Gasteiger partial charge is 0.423 e. The molecule has 0 unspecified atom stereocenters. The number of allylic oxidation sites excluding steroid dienone is 1. The van der Waals surface area contributed by atoms with Gasteiger partial charge in [0, 0.05) is 12.8 Å². The molecule has 1 rings (SSSR count). The zero-order valence-corrected chi connectivity index (χ0v) is 14.5. The lowest BCUT2D eigenvalue weighted by atomic mass is 9.98. The molecular formula is C19H26O4. The lowest BCUT2D eigenvalue weighted by molar-refractivity contribution is -0.136. The van der Waals surface area contributed by atoms with E-state index in [0.29, 0.717) is 23.8 Å². The maximum atomic E-state index is 11.8. The second-order valence-electron chi connectivity index (χ2n) is 5.83. The van der Waals surface area contributed by atoms with Crippen molar-refractivity contribution in [3.8, 4) is 11.5 Å². The van der Waals surface area contributed by atoms with Gasteiger partial charge in [0.1, 0.15) is 0 Å². The normalized spacial score (nSPS) is 10.5. The average molecular weight is 318 g/mol. The number of rotatable bonds is 8. The predicted molar refractivity (Wildman–Crippen MR) is 90.7 cm³/mol. The van der Waals surface area contributed by atoms with E-state index >= 15 is 0 Å². The first kappa shape index (κ1) is 18.9. The fourth-order valence-electron chi connectivity index (χ4n) is 2.17. The molecule has 0 spiro atoms. The molecule has 0 N–H and O–H groups in total. The Bertz CT molecular complexity index is 573. The van der Waals surface area contributed by atoms with E-state index in [1.54, 1.807) is 26.0 Å². The van der Waals surface area contributed by atoms with Crippen molar-refractivity contribution in [2.24, 2.45) is 5.92 Å². The van der Waals surface area contributed by atoms with Crippen LogP contribution in [0.2, 0.25) is 0 Å². The number of hydrogen-bond donors (Lipinski definition) is 0. The third-order valence-corrected chi connectivity index (χ3v) is 3.22. The molecule has 0 aliphatic heterocycles. The van der Waals surface area contributed by atoms with Gasteiger partial charge in [-0.05, 0) is 36.0 Å². The van der Waals surface area contributed by atoms with Gasteiger partial charge in [-0.3, -0.25) is 9.59 Å². The molecule has 0 aliphatic carbocycles. The standard InChI is InChI=1S/C19H26O4/c1-6-9-14-11-15(10-13(4)5)19(23-18(21)8-3)16(12-14)22-17(20)7-2/h6,11-13H,1,7-10H2,2-5H3. The first-order chi connectivity index (χ1) is 10.9. The van der Waals surface area contributed by atoms with Gasteiger partial charge in [0.15, 0.2) is 11.5 Å². The quantitative estimate of drug-likeness (QED) is 0.408. The van der Waals surface area contributed by atoms with Crippen LogP contribution in [0.1, 0.15) is 51.7 Å². The summed E-state index contributed by atoms with van der Waals surface area (Å²) in [4.78, 5) is 23.5. The SMILES string of the molecule is C=CCc1cc(CC(C)C)c(OC(=O)CC)c(OC(=O)CC)c1.